The monoisotopic (exact) mass is 315 g/mol. The van der Waals surface area contributed by atoms with Crippen LogP contribution in [0.4, 0.5) is 0 Å². The summed E-state index contributed by atoms with van der Waals surface area (Å²) in [6.45, 7) is 0.473. The lowest BCUT2D eigenvalue weighted by atomic mass is 10.1. The van der Waals surface area contributed by atoms with Gasteiger partial charge in [-0.25, -0.2) is 0 Å². The largest absolute Gasteiger partial charge is 0.496 e. The zero-order valence-corrected chi connectivity index (χ0v) is 13.4. The molecule has 0 saturated heterocycles. The van der Waals surface area contributed by atoms with Gasteiger partial charge < -0.3 is 19.5 Å². The molecular formula is C18H21NO4. The SMILES string of the molecule is COc1ccccc1CCNC(=O)COc1ccccc1OC. The summed E-state index contributed by atoms with van der Waals surface area (Å²) in [5.74, 6) is 1.81. The number of amides is 1. The van der Waals surface area contributed by atoms with Gasteiger partial charge in [0.1, 0.15) is 5.75 Å². The lowest BCUT2D eigenvalue weighted by Crippen LogP contribution is -2.30. The molecule has 1 amide bonds. The number of para-hydroxylation sites is 3. The first-order valence-electron chi connectivity index (χ1n) is 7.39. The van der Waals surface area contributed by atoms with Crippen LogP contribution in [0.3, 0.4) is 0 Å². The molecule has 0 bridgehead atoms. The second kappa shape index (κ2) is 8.68. The van der Waals surface area contributed by atoms with E-state index in [0.29, 0.717) is 24.5 Å². The molecule has 5 nitrogen and oxygen atoms in total. The van der Waals surface area contributed by atoms with Crippen molar-refractivity contribution in [2.75, 3.05) is 27.4 Å². The van der Waals surface area contributed by atoms with Gasteiger partial charge >= 0.3 is 0 Å². The van der Waals surface area contributed by atoms with Crippen LogP contribution >= 0.6 is 0 Å². The van der Waals surface area contributed by atoms with E-state index in [0.717, 1.165) is 11.3 Å². The maximum Gasteiger partial charge on any atom is 0.257 e. The highest BCUT2D eigenvalue weighted by Crippen LogP contribution is 2.25. The van der Waals surface area contributed by atoms with Crippen LogP contribution in [0.15, 0.2) is 48.5 Å². The van der Waals surface area contributed by atoms with Crippen LogP contribution < -0.4 is 19.5 Å². The number of nitrogens with one attached hydrogen (secondary N) is 1. The molecule has 0 spiro atoms. The van der Waals surface area contributed by atoms with Crippen molar-refractivity contribution < 1.29 is 19.0 Å². The number of hydrogen-bond donors (Lipinski definition) is 1. The normalized spacial score (nSPS) is 10.0. The van der Waals surface area contributed by atoms with E-state index in [1.807, 2.05) is 36.4 Å². The molecule has 0 aliphatic rings. The first-order valence-corrected chi connectivity index (χ1v) is 7.39. The molecule has 0 aliphatic carbocycles. The molecule has 0 aromatic heterocycles. The zero-order valence-electron chi connectivity index (χ0n) is 13.4. The number of ether oxygens (including phenoxy) is 3. The summed E-state index contributed by atoms with van der Waals surface area (Å²) in [5.41, 5.74) is 1.06. The van der Waals surface area contributed by atoms with E-state index in [4.69, 9.17) is 14.2 Å². The Morgan fingerprint density at radius 1 is 0.913 bits per heavy atom. The molecule has 0 saturated carbocycles. The van der Waals surface area contributed by atoms with Gasteiger partial charge in [0.2, 0.25) is 0 Å². The van der Waals surface area contributed by atoms with Crippen molar-refractivity contribution in [3.05, 3.63) is 54.1 Å². The Morgan fingerprint density at radius 3 is 2.22 bits per heavy atom. The molecule has 0 aliphatic heterocycles. The van der Waals surface area contributed by atoms with Crippen LogP contribution in [-0.2, 0) is 11.2 Å². The summed E-state index contributed by atoms with van der Waals surface area (Å²) in [6, 6.07) is 15.0. The highest BCUT2D eigenvalue weighted by molar-refractivity contribution is 5.77. The number of carbonyl (C=O) groups is 1. The Balaban J connectivity index is 1.77. The number of hydrogen-bond acceptors (Lipinski definition) is 4. The van der Waals surface area contributed by atoms with Crippen molar-refractivity contribution in [3.63, 3.8) is 0 Å². The summed E-state index contributed by atoms with van der Waals surface area (Å²) in [7, 11) is 3.20. The van der Waals surface area contributed by atoms with E-state index < -0.39 is 0 Å². The smallest absolute Gasteiger partial charge is 0.257 e. The van der Waals surface area contributed by atoms with Gasteiger partial charge in [0, 0.05) is 6.54 Å². The lowest BCUT2D eigenvalue weighted by molar-refractivity contribution is -0.123. The highest BCUT2D eigenvalue weighted by Gasteiger charge is 2.07. The molecule has 23 heavy (non-hydrogen) atoms. The Hall–Kier alpha value is -2.69. The number of methoxy groups -OCH3 is 2. The number of benzene rings is 2. The van der Waals surface area contributed by atoms with Gasteiger partial charge in [0.05, 0.1) is 14.2 Å². The molecule has 0 heterocycles. The fourth-order valence-corrected chi connectivity index (χ4v) is 2.18. The lowest BCUT2D eigenvalue weighted by Gasteiger charge is -2.11. The average Bonchev–Trinajstić information content (AvgIpc) is 2.60. The van der Waals surface area contributed by atoms with Gasteiger partial charge in [-0.05, 0) is 30.2 Å². The maximum atomic E-state index is 11.9. The van der Waals surface area contributed by atoms with Crippen LogP contribution in [0, 0.1) is 0 Å². The Morgan fingerprint density at radius 2 is 1.52 bits per heavy atom. The second-order valence-corrected chi connectivity index (χ2v) is 4.85. The van der Waals surface area contributed by atoms with Crippen molar-refractivity contribution in [3.8, 4) is 17.2 Å². The number of carbonyl (C=O) groups excluding carboxylic acids is 1. The molecule has 0 radical (unpaired) electrons. The topological polar surface area (TPSA) is 56.8 Å². The maximum absolute atomic E-state index is 11.9. The predicted molar refractivity (Wildman–Crippen MR) is 88.2 cm³/mol. The van der Waals surface area contributed by atoms with Crippen molar-refractivity contribution in [1.82, 2.24) is 5.32 Å². The molecule has 5 heteroatoms. The van der Waals surface area contributed by atoms with Crippen molar-refractivity contribution >= 4 is 5.91 Å². The first-order chi connectivity index (χ1) is 11.2. The van der Waals surface area contributed by atoms with E-state index in [-0.39, 0.29) is 12.5 Å². The average molecular weight is 315 g/mol. The first kappa shape index (κ1) is 16.7. The van der Waals surface area contributed by atoms with Gasteiger partial charge in [-0.15, -0.1) is 0 Å². The van der Waals surface area contributed by atoms with E-state index in [2.05, 4.69) is 5.32 Å². The van der Waals surface area contributed by atoms with Crippen molar-refractivity contribution in [2.45, 2.75) is 6.42 Å². The van der Waals surface area contributed by atoms with E-state index in [1.165, 1.54) is 0 Å². The summed E-state index contributed by atoms with van der Waals surface area (Å²) in [6.07, 6.45) is 0.699. The third kappa shape index (κ3) is 4.92. The summed E-state index contributed by atoms with van der Waals surface area (Å²) in [4.78, 5) is 11.9. The summed E-state index contributed by atoms with van der Waals surface area (Å²) < 4.78 is 15.9. The van der Waals surface area contributed by atoms with Gasteiger partial charge in [-0.1, -0.05) is 30.3 Å². The third-order valence-electron chi connectivity index (χ3n) is 3.34. The molecule has 2 rings (SSSR count). The second-order valence-electron chi connectivity index (χ2n) is 4.85. The van der Waals surface area contributed by atoms with Crippen molar-refractivity contribution in [1.29, 1.82) is 0 Å². The van der Waals surface area contributed by atoms with E-state index in [9.17, 15) is 4.79 Å². The minimum atomic E-state index is -0.175. The molecule has 0 fully saturated rings. The Bertz CT molecular complexity index is 642. The molecule has 0 unspecified atom stereocenters. The molecular weight excluding hydrogens is 294 g/mol. The number of rotatable bonds is 8. The van der Waals surface area contributed by atoms with Crippen LogP contribution in [-0.4, -0.2) is 33.3 Å². The van der Waals surface area contributed by atoms with Crippen LogP contribution in [0.2, 0.25) is 0 Å². The van der Waals surface area contributed by atoms with Gasteiger partial charge in [-0.2, -0.15) is 0 Å². The molecule has 2 aromatic carbocycles. The summed E-state index contributed by atoms with van der Waals surface area (Å²) in [5, 5.41) is 2.83. The van der Waals surface area contributed by atoms with Crippen LogP contribution in [0.25, 0.3) is 0 Å². The highest BCUT2D eigenvalue weighted by atomic mass is 16.5. The van der Waals surface area contributed by atoms with Crippen LogP contribution in [0.1, 0.15) is 5.56 Å². The van der Waals surface area contributed by atoms with Gasteiger partial charge in [0.25, 0.3) is 5.91 Å². The third-order valence-corrected chi connectivity index (χ3v) is 3.34. The van der Waals surface area contributed by atoms with Crippen molar-refractivity contribution in [2.24, 2.45) is 0 Å². The molecule has 122 valence electrons. The quantitative estimate of drug-likeness (QED) is 0.813. The fourth-order valence-electron chi connectivity index (χ4n) is 2.18. The molecule has 2 aromatic rings. The Kier molecular flexibility index (Phi) is 6.29. The molecule has 1 N–H and O–H groups in total. The molecule has 0 atom stereocenters. The van der Waals surface area contributed by atoms with E-state index in [1.54, 1.807) is 26.4 Å². The van der Waals surface area contributed by atoms with Gasteiger partial charge in [0.15, 0.2) is 18.1 Å². The van der Waals surface area contributed by atoms with Crippen LogP contribution in [0.5, 0.6) is 17.2 Å². The zero-order chi connectivity index (χ0) is 16.5. The minimum absolute atomic E-state index is 0.0493. The fraction of sp³-hybridized carbons (Fsp3) is 0.278. The minimum Gasteiger partial charge on any atom is -0.496 e. The predicted octanol–water partition coefficient (Wildman–Crippen LogP) is 2.44. The summed E-state index contributed by atoms with van der Waals surface area (Å²) >= 11 is 0. The Labute approximate surface area is 136 Å². The standard InChI is InChI=1S/C18H21NO4/c1-21-15-8-4-3-7-14(15)11-12-19-18(20)13-23-17-10-6-5-9-16(17)22-2/h3-10H,11-13H2,1-2H3,(H,19,20). The van der Waals surface area contributed by atoms with E-state index >= 15 is 0 Å². The van der Waals surface area contributed by atoms with Gasteiger partial charge in [-0.3, -0.25) is 4.79 Å².